The van der Waals surface area contributed by atoms with Crippen molar-refractivity contribution >= 4 is 40.8 Å². The van der Waals surface area contributed by atoms with Crippen molar-refractivity contribution in [1.82, 2.24) is 0 Å². The second-order valence-corrected chi connectivity index (χ2v) is 6.42. The van der Waals surface area contributed by atoms with E-state index in [9.17, 15) is 0 Å². The second kappa shape index (κ2) is 5.47. The van der Waals surface area contributed by atoms with Crippen molar-refractivity contribution in [2.45, 2.75) is 9.79 Å². The molecule has 0 aliphatic carbocycles. The molecule has 0 unspecified atom stereocenters. The highest BCUT2D eigenvalue weighted by Gasteiger charge is 2.14. The number of benzene rings is 2. The molecular weight excluding hydrogens is 282 g/mol. The van der Waals surface area contributed by atoms with Crippen molar-refractivity contribution in [2.75, 3.05) is 16.7 Å². The van der Waals surface area contributed by atoms with Gasteiger partial charge in [-0.05, 0) is 30.3 Å². The van der Waals surface area contributed by atoms with Crippen molar-refractivity contribution in [3.8, 4) is 0 Å². The summed E-state index contributed by atoms with van der Waals surface area (Å²) in [5.41, 5.74) is 1.19. The van der Waals surface area contributed by atoms with Crippen LogP contribution in [0.5, 0.6) is 0 Å². The van der Waals surface area contributed by atoms with Crippen molar-refractivity contribution in [1.29, 1.82) is 0 Å². The molecule has 3 rings (SSSR count). The zero-order valence-corrected chi connectivity index (χ0v) is 12.1. The first-order valence-corrected chi connectivity index (χ1v) is 8.03. The maximum Gasteiger partial charge on any atom is 0.0694 e. The third-order valence-electron chi connectivity index (χ3n) is 2.77. The Bertz CT molecular complexity index is 532. The minimum Gasteiger partial charge on any atom is -0.352 e. The summed E-state index contributed by atoms with van der Waals surface area (Å²) in [4.78, 5) is 5.08. The van der Waals surface area contributed by atoms with Crippen LogP contribution in [0, 0.1) is 0 Å². The highest BCUT2D eigenvalue weighted by molar-refractivity contribution is 8.03. The Labute approximate surface area is 121 Å². The molecule has 2 aromatic rings. The zero-order valence-electron chi connectivity index (χ0n) is 9.67. The highest BCUT2D eigenvalue weighted by atomic mass is 35.5. The van der Waals surface area contributed by atoms with Crippen molar-refractivity contribution < 1.29 is 0 Å². The van der Waals surface area contributed by atoms with Crippen LogP contribution in [0.4, 0.5) is 5.69 Å². The average molecular weight is 294 g/mol. The normalized spacial score (nSPS) is 15.1. The Kier molecular flexibility index (Phi) is 3.73. The van der Waals surface area contributed by atoms with Crippen LogP contribution in [-0.4, -0.2) is 11.8 Å². The molecule has 0 aromatic heterocycles. The molecule has 1 heterocycles. The van der Waals surface area contributed by atoms with E-state index in [1.54, 1.807) is 0 Å². The van der Waals surface area contributed by atoms with E-state index in [0.717, 1.165) is 16.8 Å². The molecule has 1 aliphatic rings. The Morgan fingerprint density at radius 3 is 2.17 bits per heavy atom. The lowest BCUT2D eigenvalue weighted by molar-refractivity contribution is 1.07. The molecule has 0 fully saturated rings. The van der Waals surface area contributed by atoms with Gasteiger partial charge < -0.3 is 4.90 Å². The second-order valence-electron chi connectivity index (χ2n) is 4.01. The molecule has 0 amide bonds. The molecule has 0 N–H and O–H groups in total. The van der Waals surface area contributed by atoms with Crippen LogP contribution < -0.4 is 4.90 Å². The third-order valence-corrected chi connectivity index (χ3v) is 5.35. The number of hydrogen-bond donors (Lipinski definition) is 0. The fourth-order valence-electron chi connectivity index (χ4n) is 1.84. The summed E-state index contributed by atoms with van der Waals surface area (Å²) < 4.78 is 0. The number of nitrogens with zero attached hydrogens (tertiary/aromatic N) is 1. The van der Waals surface area contributed by atoms with E-state index in [0.29, 0.717) is 0 Å². The van der Waals surface area contributed by atoms with Gasteiger partial charge in [-0.1, -0.05) is 29.8 Å². The van der Waals surface area contributed by atoms with Gasteiger partial charge in [-0.25, -0.2) is 0 Å². The van der Waals surface area contributed by atoms with Crippen LogP contribution in [0.2, 0.25) is 5.02 Å². The molecule has 0 spiro atoms. The smallest absolute Gasteiger partial charge is 0.0694 e. The summed E-state index contributed by atoms with van der Waals surface area (Å²) in [5, 5.41) is 0.796. The first-order chi connectivity index (χ1) is 8.83. The largest absolute Gasteiger partial charge is 0.352 e. The summed E-state index contributed by atoms with van der Waals surface area (Å²) in [6.45, 7) is 0. The molecule has 4 heteroatoms. The lowest BCUT2D eigenvalue weighted by atomic mass is 10.3. The summed E-state index contributed by atoms with van der Waals surface area (Å²) in [5.74, 6) is 1.93. The molecule has 0 bridgehead atoms. The standard InChI is InChI=1S/C14H12ClNS2/c15-11-4-3-5-12(8-11)16-9-17-13-6-1-2-7-14(13)18-10-16/h1-8H,9-10H2. The predicted octanol–water partition coefficient (Wildman–Crippen LogP) is 4.96. The SMILES string of the molecule is Clc1cccc(N2CSc3ccccc3SC2)c1. The number of rotatable bonds is 1. The molecule has 1 aliphatic heterocycles. The lowest BCUT2D eigenvalue weighted by Crippen LogP contribution is -2.20. The van der Waals surface area contributed by atoms with Crippen LogP contribution >= 0.6 is 35.1 Å². The van der Waals surface area contributed by atoms with Crippen LogP contribution in [0.1, 0.15) is 0 Å². The maximum absolute atomic E-state index is 6.05. The molecular formula is C14H12ClNS2. The number of hydrogen-bond acceptors (Lipinski definition) is 3. The minimum absolute atomic E-state index is 0.796. The van der Waals surface area contributed by atoms with E-state index in [4.69, 9.17) is 11.6 Å². The van der Waals surface area contributed by atoms with Gasteiger partial charge in [0.25, 0.3) is 0 Å². The summed E-state index contributed by atoms with van der Waals surface area (Å²) in [6, 6.07) is 16.6. The van der Waals surface area contributed by atoms with E-state index in [-0.39, 0.29) is 0 Å². The molecule has 0 atom stereocenters. The molecule has 2 aromatic carbocycles. The van der Waals surface area contributed by atoms with Crippen molar-refractivity contribution in [3.63, 3.8) is 0 Å². The quantitative estimate of drug-likeness (QED) is 0.731. The van der Waals surface area contributed by atoms with E-state index in [1.807, 2.05) is 41.7 Å². The summed E-state index contributed by atoms with van der Waals surface area (Å²) >= 11 is 9.81. The number of thioether (sulfide) groups is 2. The highest BCUT2D eigenvalue weighted by Crippen LogP contribution is 2.37. The lowest BCUT2D eigenvalue weighted by Gasteiger charge is -2.21. The number of anilines is 1. The van der Waals surface area contributed by atoms with Crippen LogP contribution in [0.25, 0.3) is 0 Å². The Morgan fingerprint density at radius 2 is 1.56 bits per heavy atom. The Morgan fingerprint density at radius 1 is 0.889 bits per heavy atom. The van der Waals surface area contributed by atoms with E-state index in [1.165, 1.54) is 15.5 Å². The third kappa shape index (κ3) is 2.63. The molecule has 0 radical (unpaired) electrons. The van der Waals surface area contributed by atoms with E-state index < -0.39 is 0 Å². The fraction of sp³-hybridized carbons (Fsp3) is 0.143. The predicted molar refractivity (Wildman–Crippen MR) is 81.8 cm³/mol. The molecule has 1 nitrogen and oxygen atoms in total. The van der Waals surface area contributed by atoms with Crippen molar-refractivity contribution in [3.05, 3.63) is 53.6 Å². The first-order valence-electron chi connectivity index (χ1n) is 5.68. The van der Waals surface area contributed by atoms with Crippen LogP contribution in [0.3, 0.4) is 0 Å². The molecule has 18 heavy (non-hydrogen) atoms. The Hall–Kier alpha value is -0.770. The van der Waals surface area contributed by atoms with Gasteiger partial charge in [-0.3, -0.25) is 0 Å². The van der Waals surface area contributed by atoms with Crippen LogP contribution in [-0.2, 0) is 0 Å². The Balaban J connectivity index is 1.83. The van der Waals surface area contributed by atoms with E-state index in [2.05, 4.69) is 35.2 Å². The molecule has 0 saturated heterocycles. The molecule has 0 saturated carbocycles. The average Bonchev–Trinajstić information content (AvgIpc) is 2.61. The maximum atomic E-state index is 6.05. The van der Waals surface area contributed by atoms with Gasteiger partial charge in [-0.2, -0.15) is 0 Å². The summed E-state index contributed by atoms with van der Waals surface area (Å²) in [7, 11) is 0. The van der Waals surface area contributed by atoms with Gasteiger partial charge in [0.2, 0.25) is 0 Å². The van der Waals surface area contributed by atoms with Gasteiger partial charge in [0, 0.05) is 20.5 Å². The van der Waals surface area contributed by atoms with Crippen molar-refractivity contribution in [2.24, 2.45) is 0 Å². The fourth-order valence-corrected chi connectivity index (χ4v) is 4.34. The van der Waals surface area contributed by atoms with Gasteiger partial charge >= 0.3 is 0 Å². The topological polar surface area (TPSA) is 3.24 Å². The number of fused-ring (bicyclic) bond motifs is 1. The molecule has 92 valence electrons. The minimum atomic E-state index is 0.796. The zero-order chi connectivity index (χ0) is 12.4. The monoisotopic (exact) mass is 293 g/mol. The first kappa shape index (κ1) is 12.3. The van der Waals surface area contributed by atoms with E-state index >= 15 is 0 Å². The van der Waals surface area contributed by atoms with Gasteiger partial charge in [-0.15, -0.1) is 23.5 Å². The van der Waals surface area contributed by atoms with Gasteiger partial charge in [0.05, 0.1) is 11.8 Å². The van der Waals surface area contributed by atoms with Gasteiger partial charge in [0.15, 0.2) is 0 Å². The van der Waals surface area contributed by atoms with Crippen LogP contribution in [0.15, 0.2) is 58.3 Å². The number of halogens is 1. The van der Waals surface area contributed by atoms with Gasteiger partial charge in [0.1, 0.15) is 0 Å². The summed E-state index contributed by atoms with van der Waals surface area (Å²) in [6.07, 6.45) is 0.